The number of carbonyl (C=O) groups is 2. The zero-order chi connectivity index (χ0) is 19.4. The van der Waals surface area contributed by atoms with Crippen LogP contribution in [-0.2, 0) is 16.1 Å². The smallest absolute Gasteiger partial charge is 0.260 e. The van der Waals surface area contributed by atoms with E-state index in [0.717, 1.165) is 11.3 Å². The van der Waals surface area contributed by atoms with Crippen LogP contribution in [0.25, 0.3) is 0 Å². The van der Waals surface area contributed by atoms with Crippen LogP contribution in [0.1, 0.15) is 5.56 Å². The van der Waals surface area contributed by atoms with Crippen molar-refractivity contribution >= 4 is 17.5 Å². The summed E-state index contributed by atoms with van der Waals surface area (Å²) in [6, 6.07) is 14.9. The maximum absolute atomic E-state index is 12.9. The van der Waals surface area contributed by atoms with E-state index in [0.29, 0.717) is 18.0 Å². The zero-order valence-electron chi connectivity index (χ0n) is 15.4. The number of nitrogens with two attached hydrogens (primary N) is 1. The number of fused-ring (bicyclic) bond motifs is 1. The third kappa shape index (κ3) is 4.38. The van der Waals surface area contributed by atoms with Gasteiger partial charge in [-0.05, 0) is 36.9 Å². The Bertz CT molecular complexity index is 822. The lowest BCUT2D eigenvalue weighted by atomic mass is 10.1. The number of nitrogens with zero attached hydrogens (tertiary/aromatic N) is 2. The molecule has 0 bridgehead atoms. The van der Waals surface area contributed by atoms with Gasteiger partial charge < -0.3 is 20.1 Å². The van der Waals surface area contributed by atoms with Crippen molar-refractivity contribution in [2.45, 2.75) is 12.6 Å². The van der Waals surface area contributed by atoms with Crippen LogP contribution in [0.4, 0.5) is 5.69 Å². The number of hydrogen-bond acceptors (Lipinski definition) is 5. The van der Waals surface area contributed by atoms with E-state index >= 15 is 0 Å². The molecule has 0 aliphatic carbocycles. The van der Waals surface area contributed by atoms with Crippen LogP contribution < -0.4 is 20.1 Å². The van der Waals surface area contributed by atoms with Gasteiger partial charge in [-0.1, -0.05) is 24.3 Å². The second kappa shape index (κ2) is 8.09. The van der Waals surface area contributed by atoms with Gasteiger partial charge in [0, 0.05) is 6.54 Å². The Morgan fingerprint density at radius 1 is 1.22 bits per heavy atom. The van der Waals surface area contributed by atoms with Crippen LogP contribution in [0.3, 0.4) is 0 Å². The van der Waals surface area contributed by atoms with Gasteiger partial charge in [0.1, 0.15) is 11.5 Å². The van der Waals surface area contributed by atoms with Crippen molar-refractivity contribution in [3.8, 4) is 11.5 Å². The number of amides is 2. The van der Waals surface area contributed by atoms with Gasteiger partial charge in [-0.15, -0.1) is 0 Å². The van der Waals surface area contributed by atoms with Gasteiger partial charge in [-0.2, -0.15) is 0 Å². The molecule has 3 rings (SSSR count). The minimum atomic E-state index is -0.851. The summed E-state index contributed by atoms with van der Waals surface area (Å²) in [6.07, 6.45) is -0.851. The van der Waals surface area contributed by atoms with E-state index in [1.54, 1.807) is 30.2 Å². The van der Waals surface area contributed by atoms with Crippen molar-refractivity contribution in [3.05, 3.63) is 54.1 Å². The Hall–Kier alpha value is -3.06. The molecule has 0 saturated carbocycles. The molecule has 0 saturated heterocycles. The first-order valence-electron chi connectivity index (χ1n) is 8.64. The summed E-state index contributed by atoms with van der Waals surface area (Å²) in [4.78, 5) is 28.0. The van der Waals surface area contributed by atoms with Crippen molar-refractivity contribution in [3.63, 3.8) is 0 Å². The van der Waals surface area contributed by atoms with E-state index in [9.17, 15) is 9.59 Å². The zero-order valence-corrected chi connectivity index (χ0v) is 15.4. The van der Waals surface area contributed by atoms with Crippen molar-refractivity contribution in [2.75, 3.05) is 32.1 Å². The standard InChI is InChI=1S/C20H23N3O4/c1-22(11-14-7-9-15(26-2)10-8-14)13-19(24)23-12-18(20(21)25)27-17-6-4-3-5-16(17)23/h3-10,18H,11-13H2,1-2H3,(H2,21,25). The predicted octanol–water partition coefficient (Wildman–Crippen LogP) is 1.41. The lowest BCUT2D eigenvalue weighted by Gasteiger charge is -2.34. The molecule has 1 aliphatic heterocycles. The first-order valence-corrected chi connectivity index (χ1v) is 8.64. The summed E-state index contributed by atoms with van der Waals surface area (Å²) >= 11 is 0. The van der Waals surface area contributed by atoms with Gasteiger partial charge in [0.2, 0.25) is 5.91 Å². The van der Waals surface area contributed by atoms with Crippen LogP contribution in [0, 0.1) is 0 Å². The minimum absolute atomic E-state index is 0.113. The Balaban J connectivity index is 1.69. The fraction of sp³-hybridized carbons (Fsp3) is 0.300. The summed E-state index contributed by atoms with van der Waals surface area (Å²) < 4.78 is 10.8. The molecule has 2 amide bonds. The van der Waals surface area contributed by atoms with E-state index < -0.39 is 12.0 Å². The lowest BCUT2D eigenvalue weighted by molar-refractivity contribution is -0.125. The molecule has 7 heteroatoms. The van der Waals surface area contributed by atoms with Crippen LogP contribution in [-0.4, -0.2) is 50.1 Å². The number of hydrogen-bond donors (Lipinski definition) is 1. The predicted molar refractivity (Wildman–Crippen MR) is 102 cm³/mol. The van der Waals surface area contributed by atoms with E-state index in [2.05, 4.69) is 0 Å². The fourth-order valence-corrected chi connectivity index (χ4v) is 3.03. The van der Waals surface area contributed by atoms with Gasteiger partial charge in [0.05, 0.1) is 25.9 Å². The summed E-state index contributed by atoms with van der Waals surface area (Å²) in [5, 5.41) is 0. The Kier molecular flexibility index (Phi) is 5.61. The number of likely N-dealkylation sites (N-methyl/N-ethyl adjacent to an activating group) is 1. The van der Waals surface area contributed by atoms with Crippen molar-refractivity contribution in [1.29, 1.82) is 0 Å². The van der Waals surface area contributed by atoms with Gasteiger partial charge in [-0.3, -0.25) is 14.5 Å². The number of methoxy groups -OCH3 is 1. The Morgan fingerprint density at radius 3 is 2.59 bits per heavy atom. The molecule has 0 spiro atoms. The topological polar surface area (TPSA) is 85.1 Å². The third-order valence-corrected chi connectivity index (χ3v) is 4.41. The average Bonchev–Trinajstić information content (AvgIpc) is 2.67. The summed E-state index contributed by atoms with van der Waals surface area (Å²) in [5.41, 5.74) is 7.11. The minimum Gasteiger partial charge on any atom is -0.497 e. The number of ether oxygens (including phenoxy) is 2. The van der Waals surface area contributed by atoms with Crippen molar-refractivity contribution < 1.29 is 19.1 Å². The number of primary amides is 1. The third-order valence-electron chi connectivity index (χ3n) is 4.41. The summed E-state index contributed by atoms with van der Waals surface area (Å²) in [6.45, 7) is 0.925. The highest BCUT2D eigenvalue weighted by Crippen LogP contribution is 2.33. The van der Waals surface area contributed by atoms with Crippen LogP contribution in [0.2, 0.25) is 0 Å². The van der Waals surface area contributed by atoms with Gasteiger partial charge in [-0.25, -0.2) is 0 Å². The quantitative estimate of drug-likeness (QED) is 0.832. The largest absolute Gasteiger partial charge is 0.497 e. The molecule has 1 unspecified atom stereocenters. The van der Waals surface area contributed by atoms with Crippen LogP contribution >= 0.6 is 0 Å². The molecule has 1 heterocycles. The lowest BCUT2D eigenvalue weighted by Crippen LogP contribution is -2.51. The van der Waals surface area contributed by atoms with Crippen LogP contribution in [0.15, 0.2) is 48.5 Å². The van der Waals surface area contributed by atoms with Crippen molar-refractivity contribution in [1.82, 2.24) is 4.90 Å². The maximum atomic E-state index is 12.9. The molecule has 2 N–H and O–H groups in total. The summed E-state index contributed by atoms with van der Waals surface area (Å²) in [7, 11) is 3.50. The van der Waals surface area contributed by atoms with E-state index in [-0.39, 0.29) is 19.0 Å². The van der Waals surface area contributed by atoms with E-state index in [4.69, 9.17) is 15.2 Å². The molecule has 2 aromatic carbocycles. The molecule has 7 nitrogen and oxygen atoms in total. The van der Waals surface area contributed by atoms with Gasteiger partial charge in [0.15, 0.2) is 6.10 Å². The Labute approximate surface area is 158 Å². The normalized spacial score (nSPS) is 15.8. The monoisotopic (exact) mass is 369 g/mol. The highest BCUT2D eigenvalue weighted by Gasteiger charge is 2.32. The number of benzene rings is 2. The summed E-state index contributed by atoms with van der Waals surface area (Å²) in [5.74, 6) is 0.570. The highest BCUT2D eigenvalue weighted by atomic mass is 16.5. The number of anilines is 1. The molecule has 2 aromatic rings. The molecule has 27 heavy (non-hydrogen) atoms. The molecule has 1 atom stereocenters. The second-order valence-electron chi connectivity index (χ2n) is 6.50. The number of carbonyl (C=O) groups excluding carboxylic acids is 2. The second-order valence-corrected chi connectivity index (χ2v) is 6.50. The van der Waals surface area contributed by atoms with Gasteiger partial charge >= 0.3 is 0 Å². The average molecular weight is 369 g/mol. The molecule has 1 aliphatic rings. The molecule has 142 valence electrons. The van der Waals surface area contributed by atoms with E-state index in [1.807, 2.05) is 42.3 Å². The first kappa shape index (κ1) is 18.7. The Morgan fingerprint density at radius 2 is 1.93 bits per heavy atom. The highest BCUT2D eigenvalue weighted by molar-refractivity contribution is 5.98. The number of para-hydroxylation sites is 2. The van der Waals surface area contributed by atoms with Crippen LogP contribution in [0.5, 0.6) is 11.5 Å². The fourth-order valence-electron chi connectivity index (χ4n) is 3.03. The molecular weight excluding hydrogens is 346 g/mol. The van der Waals surface area contributed by atoms with E-state index in [1.165, 1.54) is 0 Å². The number of rotatable bonds is 6. The van der Waals surface area contributed by atoms with Gasteiger partial charge in [0.25, 0.3) is 5.91 Å². The SMILES string of the molecule is COc1ccc(CN(C)CC(=O)N2CC(C(N)=O)Oc3ccccc32)cc1. The molecule has 0 fully saturated rings. The molecule has 0 aromatic heterocycles. The molecular formula is C20H23N3O4. The first-order chi connectivity index (χ1) is 13.0. The van der Waals surface area contributed by atoms with Crippen molar-refractivity contribution in [2.24, 2.45) is 5.73 Å². The molecule has 0 radical (unpaired) electrons. The maximum Gasteiger partial charge on any atom is 0.260 e.